The summed E-state index contributed by atoms with van der Waals surface area (Å²) >= 11 is 0. The first-order chi connectivity index (χ1) is 15.5. The van der Waals surface area contributed by atoms with Gasteiger partial charge in [0.05, 0.1) is 11.1 Å². The molecule has 0 heterocycles. The van der Waals surface area contributed by atoms with Gasteiger partial charge in [-0.3, -0.25) is 0 Å². The molecule has 4 aromatic rings. The van der Waals surface area contributed by atoms with Crippen LogP contribution < -0.4 is 5.46 Å². The van der Waals surface area contributed by atoms with Crippen LogP contribution in [0, 0.1) is 0 Å². The van der Waals surface area contributed by atoms with E-state index >= 15 is 0 Å². The lowest BCUT2D eigenvalue weighted by molar-refractivity contribution is -0.138. The minimum Gasteiger partial charge on any atom is -0.423 e. The summed E-state index contributed by atoms with van der Waals surface area (Å²) in [6, 6.07) is 16.9. The molecular formula is C24H15BF6O2. The van der Waals surface area contributed by atoms with Crippen molar-refractivity contribution < 1.29 is 36.4 Å². The van der Waals surface area contributed by atoms with Crippen LogP contribution >= 0.6 is 0 Å². The summed E-state index contributed by atoms with van der Waals surface area (Å²) in [4.78, 5) is 0. The number of benzene rings is 4. The highest BCUT2D eigenvalue weighted by Crippen LogP contribution is 2.36. The molecule has 0 unspecified atom stereocenters. The smallest absolute Gasteiger partial charge is 0.423 e. The summed E-state index contributed by atoms with van der Waals surface area (Å²) in [6.07, 6.45) is -9.04. The average molecular weight is 460 g/mol. The molecule has 0 saturated heterocycles. The van der Waals surface area contributed by atoms with Gasteiger partial charge in [-0.05, 0) is 68.8 Å². The number of hydrogen-bond acceptors (Lipinski definition) is 2. The molecule has 0 atom stereocenters. The SMILES string of the molecule is OB(O)c1c(-c2ccc(C(F)(F)F)cc2)cc(-c2ccc(C(F)(F)F)cc2)c2ccccc12. The molecule has 0 aliphatic rings. The standard InChI is InChI=1S/C24H15BF6O2/c26-23(27,28)16-9-5-14(6-10-16)20-13-21(15-7-11-17(12-8-15)24(29,30)31)22(25(32)33)19-4-2-1-3-18(19)20/h1-13,32-33H. The number of hydrogen-bond donors (Lipinski definition) is 2. The Hall–Kier alpha value is -3.30. The second-order valence-electron chi connectivity index (χ2n) is 7.45. The third kappa shape index (κ3) is 4.47. The molecule has 2 nitrogen and oxygen atoms in total. The van der Waals surface area contributed by atoms with Crippen molar-refractivity contribution in [1.29, 1.82) is 0 Å². The van der Waals surface area contributed by atoms with Gasteiger partial charge in [0.25, 0.3) is 0 Å². The van der Waals surface area contributed by atoms with E-state index in [1.165, 1.54) is 24.3 Å². The lowest BCUT2D eigenvalue weighted by atomic mass is 9.71. The Balaban J connectivity index is 1.96. The molecule has 9 heteroatoms. The van der Waals surface area contributed by atoms with Gasteiger partial charge in [-0.1, -0.05) is 48.5 Å². The van der Waals surface area contributed by atoms with Crippen molar-refractivity contribution in [3.63, 3.8) is 0 Å². The van der Waals surface area contributed by atoms with Gasteiger partial charge in [0, 0.05) is 0 Å². The van der Waals surface area contributed by atoms with Gasteiger partial charge in [0.15, 0.2) is 0 Å². The summed E-state index contributed by atoms with van der Waals surface area (Å²) in [6.45, 7) is 0. The third-order valence-electron chi connectivity index (χ3n) is 5.39. The molecule has 0 bridgehead atoms. The predicted octanol–water partition coefficient (Wildman–Crippen LogP) is 5.89. The van der Waals surface area contributed by atoms with Crippen LogP contribution in [-0.2, 0) is 12.4 Å². The van der Waals surface area contributed by atoms with Crippen LogP contribution in [0.2, 0.25) is 0 Å². The van der Waals surface area contributed by atoms with Crippen LogP contribution in [-0.4, -0.2) is 17.2 Å². The Labute approximate surface area is 184 Å². The molecule has 168 valence electrons. The lowest BCUT2D eigenvalue weighted by Gasteiger charge is -2.18. The maximum absolute atomic E-state index is 13.0. The van der Waals surface area contributed by atoms with E-state index in [1.54, 1.807) is 30.3 Å². The van der Waals surface area contributed by atoms with Crippen LogP contribution in [0.3, 0.4) is 0 Å². The van der Waals surface area contributed by atoms with Crippen LogP contribution in [0.1, 0.15) is 11.1 Å². The highest BCUT2D eigenvalue weighted by molar-refractivity contribution is 6.64. The van der Waals surface area contributed by atoms with Crippen molar-refractivity contribution in [3.05, 3.63) is 90.0 Å². The number of halogens is 6. The quantitative estimate of drug-likeness (QED) is 0.296. The van der Waals surface area contributed by atoms with Gasteiger partial charge in [0.2, 0.25) is 0 Å². The van der Waals surface area contributed by atoms with E-state index in [2.05, 4.69) is 0 Å². The van der Waals surface area contributed by atoms with E-state index in [1.807, 2.05) is 0 Å². The van der Waals surface area contributed by atoms with Crippen LogP contribution in [0.15, 0.2) is 78.9 Å². The Morgan fingerprint density at radius 1 is 0.545 bits per heavy atom. The van der Waals surface area contributed by atoms with E-state index < -0.39 is 30.6 Å². The fourth-order valence-corrected chi connectivity index (χ4v) is 3.83. The van der Waals surface area contributed by atoms with E-state index in [4.69, 9.17) is 0 Å². The Morgan fingerprint density at radius 2 is 0.970 bits per heavy atom. The average Bonchev–Trinajstić information content (AvgIpc) is 2.77. The van der Waals surface area contributed by atoms with Crippen LogP contribution in [0.5, 0.6) is 0 Å². The third-order valence-corrected chi connectivity index (χ3v) is 5.39. The van der Waals surface area contributed by atoms with Gasteiger partial charge in [-0.25, -0.2) is 0 Å². The highest BCUT2D eigenvalue weighted by atomic mass is 19.4. The minimum atomic E-state index is -4.54. The molecule has 0 amide bonds. The van der Waals surface area contributed by atoms with Crippen molar-refractivity contribution in [1.82, 2.24) is 0 Å². The van der Waals surface area contributed by atoms with Crippen molar-refractivity contribution >= 4 is 23.4 Å². The molecule has 2 N–H and O–H groups in total. The lowest BCUT2D eigenvalue weighted by Crippen LogP contribution is -2.32. The van der Waals surface area contributed by atoms with Gasteiger partial charge in [0.1, 0.15) is 0 Å². The van der Waals surface area contributed by atoms with Crippen molar-refractivity contribution in [2.24, 2.45) is 0 Å². The normalized spacial score (nSPS) is 12.2. The first-order valence-corrected chi connectivity index (χ1v) is 9.74. The fraction of sp³-hybridized carbons (Fsp3) is 0.0833. The zero-order valence-corrected chi connectivity index (χ0v) is 16.7. The molecule has 4 aromatic carbocycles. The van der Waals surface area contributed by atoms with Gasteiger partial charge in [-0.2, -0.15) is 26.3 Å². The molecule has 0 spiro atoms. The molecule has 33 heavy (non-hydrogen) atoms. The van der Waals surface area contributed by atoms with E-state index in [0.717, 1.165) is 24.3 Å². The van der Waals surface area contributed by atoms with Gasteiger partial charge >= 0.3 is 19.5 Å². The molecular weight excluding hydrogens is 445 g/mol. The fourth-order valence-electron chi connectivity index (χ4n) is 3.83. The van der Waals surface area contributed by atoms with E-state index in [0.29, 0.717) is 27.5 Å². The highest BCUT2D eigenvalue weighted by Gasteiger charge is 2.31. The summed E-state index contributed by atoms with van der Waals surface area (Å²) < 4.78 is 77.9. The second kappa shape index (κ2) is 8.24. The van der Waals surface area contributed by atoms with Crippen LogP contribution in [0.25, 0.3) is 33.0 Å². The molecule has 0 aliphatic carbocycles. The van der Waals surface area contributed by atoms with Crippen LogP contribution in [0.4, 0.5) is 26.3 Å². The summed E-state index contributed by atoms with van der Waals surface area (Å²) in [5.41, 5.74) is -0.106. The molecule has 0 aromatic heterocycles. The first kappa shape index (κ1) is 22.9. The van der Waals surface area contributed by atoms with E-state index in [-0.39, 0.29) is 11.0 Å². The largest absolute Gasteiger partial charge is 0.489 e. The van der Waals surface area contributed by atoms with Crippen molar-refractivity contribution in [2.45, 2.75) is 12.4 Å². The second-order valence-corrected chi connectivity index (χ2v) is 7.45. The number of rotatable bonds is 3. The molecule has 0 radical (unpaired) electrons. The number of fused-ring (bicyclic) bond motifs is 1. The Morgan fingerprint density at radius 3 is 1.39 bits per heavy atom. The Bertz CT molecular complexity index is 1290. The summed E-state index contributed by atoms with van der Waals surface area (Å²) in [7, 11) is -1.94. The maximum atomic E-state index is 13.0. The topological polar surface area (TPSA) is 40.5 Å². The summed E-state index contributed by atoms with van der Waals surface area (Å²) in [5, 5.41) is 21.1. The van der Waals surface area contributed by atoms with Gasteiger partial charge < -0.3 is 10.0 Å². The minimum absolute atomic E-state index is 0.0843. The van der Waals surface area contributed by atoms with Gasteiger partial charge in [-0.15, -0.1) is 0 Å². The zero-order chi connectivity index (χ0) is 24.0. The van der Waals surface area contributed by atoms with Crippen molar-refractivity contribution in [3.8, 4) is 22.3 Å². The monoisotopic (exact) mass is 460 g/mol. The molecule has 0 aliphatic heterocycles. The number of alkyl halides is 6. The maximum Gasteiger partial charge on any atom is 0.489 e. The van der Waals surface area contributed by atoms with E-state index in [9.17, 15) is 36.4 Å². The zero-order valence-electron chi connectivity index (χ0n) is 16.7. The predicted molar refractivity (Wildman–Crippen MR) is 115 cm³/mol. The first-order valence-electron chi connectivity index (χ1n) is 9.74. The van der Waals surface area contributed by atoms with Crippen molar-refractivity contribution in [2.75, 3.05) is 0 Å². The molecule has 0 saturated carbocycles. The molecule has 4 rings (SSSR count). The molecule has 0 fully saturated rings. The Kier molecular flexibility index (Phi) is 5.71. The summed E-state index contributed by atoms with van der Waals surface area (Å²) in [5.74, 6) is 0.